The van der Waals surface area contributed by atoms with Crippen LogP contribution in [0, 0.1) is 5.92 Å². The first-order chi connectivity index (χ1) is 11.4. The zero-order valence-corrected chi connectivity index (χ0v) is 15.9. The molecule has 6 heteroatoms. The largest absolute Gasteiger partial charge is 0.490 e. The number of ether oxygens (including phenoxy) is 3. The van der Waals surface area contributed by atoms with Crippen molar-refractivity contribution in [1.29, 1.82) is 0 Å². The van der Waals surface area contributed by atoms with E-state index in [1.807, 2.05) is 0 Å². The molecule has 0 aromatic carbocycles. The summed E-state index contributed by atoms with van der Waals surface area (Å²) in [6.07, 6.45) is 5.47. The van der Waals surface area contributed by atoms with Gasteiger partial charge in [-0.1, -0.05) is 6.08 Å². The summed E-state index contributed by atoms with van der Waals surface area (Å²) in [6, 6.07) is 0. The second-order valence-electron chi connectivity index (χ2n) is 7.69. The van der Waals surface area contributed by atoms with Gasteiger partial charge in [0, 0.05) is 13.7 Å². The monoisotopic (exact) mass is 340 g/mol. The van der Waals surface area contributed by atoms with Crippen LogP contribution in [-0.2, 0) is 23.5 Å². The van der Waals surface area contributed by atoms with E-state index in [1.165, 1.54) is 5.47 Å². The minimum absolute atomic E-state index is 0.189. The standard InChI is InChI=1S/C18H33BO5/c1-17(2)18(3,4)24-19(23-17)16-8-6-15(7-9-16)14-22-13-12-21-11-10-20-5/h8,15H,6-7,9-14H2,1-5H3. The van der Waals surface area contributed by atoms with Crippen LogP contribution in [0.15, 0.2) is 11.5 Å². The average Bonchev–Trinajstić information content (AvgIpc) is 2.75. The molecule has 1 unspecified atom stereocenters. The fourth-order valence-electron chi connectivity index (χ4n) is 2.88. The molecule has 0 spiro atoms. The third kappa shape index (κ3) is 5.30. The van der Waals surface area contributed by atoms with Crippen LogP contribution in [-0.4, -0.2) is 58.5 Å². The van der Waals surface area contributed by atoms with Crippen LogP contribution in [0.5, 0.6) is 0 Å². The first kappa shape index (κ1) is 19.9. The number of rotatable bonds is 9. The van der Waals surface area contributed by atoms with Gasteiger partial charge in [0.1, 0.15) is 0 Å². The van der Waals surface area contributed by atoms with E-state index in [9.17, 15) is 0 Å². The van der Waals surface area contributed by atoms with Crippen molar-refractivity contribution >= 4 is 7.12 Å². The molecule has 0 N–H and O–H groups in total. The predicted octanol–water partition coefficient (Wildman–Crippen LogP) is 3.02. The van der Waals surface area contributed by atoms with E-state index in [0.717, 1.165) is 25.9 Å². The van der Waals surface area contributed by atoms with E-state index in [4.69, 9.17) is 23.5 Å². The summed E-state index contributed by atoms with van der Waals surface area (Å²) >= 11 is 0. The summed E-state index contributed by atoms with van der Waals surface area (Å²) in [5, 5.41) is 0. The molecule has 138 valence electrons. The zero-order valence-electron chi connectivity index (χ0n) is 15.9. The lowest BCUT2D eigenvalue weighted by atomic mass is 9.71. The quantitative estimate of drug-likeness (QED) is 0.477. The van der Waals surface area contributed by atoms with Gasteiger partial charge in [0.2, 0.25) is 0 Å². The molecule has 2 aliphatic rings. The van der Waals surface area contributed by atoms with Crippen molar-refractivity contribution in [3.05, 3.63) is 11.5 Å². The normalized spacial score (nSPS) is 25.8. The SMILES string of the molecule is COCCOCCOCC1CC=C(B2OC(C)(C)C(C)(C)O2)CC1. The van der Waals surface area contributed by atoms with Crippen LogP contribution in [0.2, 0.25) is 0 Å². The Labute approximate surface area is 147 Å². The molecule has 1 saturated heterocycles. The summed E-state index contributed by atoms with van der Waals surface area (Å²) in [5.41, 5.74) is 0.760. The zero-order chi connectivity index (χ0) is 17.6. The fourth-order valence-corrected chi connectivity index (χ4v) is 2.88. The van der Waals surface area contributed by atoms with Gasteiger partial charge in [-0.05, 0) is 58.3 Å². The number of methoxy groups -OCH3 is 1. The summed E-state index contributed by atoms with van der Waals surface area (Å²) in [7, 11) is 1.49. The van der Waals surface area contributed by atoms with Crippen molar-refractivity contribution in [2.24, 2.45) is 5.92 Å². The van der Waals surface area contributed by atoms with Gasteiger partial charge in [-0.25, -0.2) is 0 Å². The van der Waals surface area contributed by atoms with Crippen molar-refractivity contribution in [2.45, 2.75) is 58.2 Å². The smallest absolute Gasteiger partial charge is 0.400 e. The highest BCUT2D eigenvalue weighted by Crippen LogP contribution is 2.40. The van der Waals surface area contributed by atoms with Gasteiger partial charge in [0.15, 0.2) is 0 Å². The molecule has 1 atom stereocenters. The molecule has 0 saturated carbocycles. The Bertz CT molecular complexity index is 406. The minimum Gasteiger partial charge on any atom is -0.400 e. The number of hydrogen-bond acceptors (Lipinski definition) is 5. The first-order valence-corrected chi connectivity index (χ1v) is 9.05. The molecule has 0 amide bonds. The summed E-state index contributed by atoms with van der Waals surface area (Å²) in [4.78, 5) is 0. The van der Waals surface area contributed by atoms with Crippen molar-refractivity contribution in [3.63, 3.8) is 0 Å². The van der Waals surface area contributed by atoms with Crippen LogP contribution in [0.4, 0.5) is 0 Å². The number of allylic oxidation sites excluding steroid dienone is 2. The molecule has 0 bridgehead atoms. The first-order valence-electron chi connectivity index (χ1n) is 9.05. The molecule has 1 aliphatic heterocycles. The highest BCUT2D eigenvalue weighted by atomic mass is 16.7. The van der Waals surface area contributed by atoms with E-state index in [-0.39, 0.29) is 18.3 Å². The van der Waals surface area contributed by atoms with Crippen LogP contribution in [0.3, 0.4) is 0 Å². The van der Waals surface area contributed by atoms with E-state index in [1.54, 1.807) is 7.11 Å². The second-order valence-corrected chi connectivity index (χ2v) is 7.69. The van der Waals surface area contributed by atoms with Crippen molar-refractivity contribution in [2.75, 3.05) is 40.1 Å². The second kappa shape index (κ2) is 8.81. The lowest BCUT2D eigenvalue weighted by Crippen LogP contribution is -2.41. The third-order valence-electron chi connectivity index (χ3n) is 5.27. The maximum Gasteiger partial charge on any atom is 0.490 e. The maximum absolute atomic E-state index is 6.14. The summed E-state index contributed by atoms with van der Waals surface area (Å²) < 4.78 is 28.3. The van der Waals surface area contributed by atoms with E-state index in [0.29, 0.717) is 32.3 Å². The molecule has 1 heterocycles. The number of hydrogen-bond donors (Lipinski definition) is 0. The van der Waals surface area contributed by atoms with Gasteiger partial charge in [-0.3, -0.25) is 0 Å². The Morgan fingerprint density at radius 3 is 2.25 bits per heavy atom. The van der Waals surface area contributed by atoms with Gasteiger partial charge in [0.05, 0.1) is 37.6 Å². The Morgan fingerprint density at radius 2 is 1.67 bits per heavy atom. The molecule has 5 nitrogen and oxygen atoms in total. The molecular formula is C18H33BO5. The van der Waals surface area contributed by atoms with E-state index < -0.39 is 0 Å². The van der Waals surface area contributed by atoms with Crippen molar-refractivity contribution in [3.8, 4) is 0 Å². The van der Waals surface area contributed by atoms with Gasteiger partial charge < -0.3 is 23.5 Å². The van der Waals surface area contributed by atoms with Gasteiger partial charge in [0.25, 0.3) is 0 Å². The van der Waals surface area contributed by atoms with Gasteiger partial charge in [-0.15, -0.1) is 0 Å². The summed E-state index contributed by atoms with van der Waals surface area (Å²) in [6.45, 7) is 11.7. The van der Waals surface area contributed by atoms with Crippen LogP contribution in [0.25, 0.3) is 0 Å². The molecule has 1 fully saturated rings. The van der Waals surface area contributed by atoms with Crippen LogP contribution < -0.4 is 0 Å². The van der Waals surface area contributed by atoms with Gasteiger partial charge in [-0.2, -0.15) is 0 Å². The molecule has 2 rings (SSSR count). The predicted molar refractivity (Wildman–Crippen MR) is 95.0 cm³/mol. The molecule has 24 heavy (non-hydrogen) atoms. The maximum atomic E-state index is 6.14. The van der Waals surface area contributed by atoms with Crippen LogP contribution in [0.1, 0.15) is 47.0 Å². The van der Waals surface area contributed by atoms with E-state index >= 15 is 0 Å². The average molecular weight is 340 g/mol. The lowest BCUT2D eigenvalue weighted by Gasteiger charge is -2.32. The third-order valence-corrected chi connectivity index (χ3v) is 5.27. The summed E-state index contributed by atoms with van der Waals surface area (Å²) in [5.74, 6) is 0.579. The lowest BCUT2D eigenvalue weighted by molar-refractivity contribution is 0.00578. The molecule has 1 aliphatic carbocycles. The highest BCUT2D eigenvalue weighted by Gasteiger charge is 2.52. The molecular weight excluding hydrogens is 307 g/mol. The molecule has 0 aromatic rings. The molecule has 0 radical (unpaired) electrons. The Balaban J connectivity index is 1.65. The van der Waals surface area contributed by atoms with Crippen molar-refractivity contribution in [1.82, 2.24) is 0 Å². The Morgan fingerprint density at radius 1 is 1.04 bits per heavy atom. The Kier molecular flexibility index (Phi) is 7.31. The Hall–Kier alpha value is -0.395. The van der Waals surface area contributed by atoms with E-state index in [2.05, 4.69) is 33.8 Å². The van der Waals surface area contributed by atoms with Crippen LogP contribution >= 0.6 is 0 Å². The fraction of sp³-hybridized carbons (Fsp3) is 0.889. The molecule has 0 aromatic heterocycles. The van der Waals surface area contributed by atoms with Gasteiger partial charge >= 0.3 is 7.12 Å². The minimum atomic E-state index is -0.263. The highest BCUT2D eigenvalue weighted by molar-refractivity contribution is 6.54. The van der Waals surface area contributed by atoms with Crippen molar-refractivity contribution < 1.29 is 23.5 Å². The topological polar surface area (TPSA) is 46.2 Å².